The van der Waals surface area contributed by atoms with Crippen LogP contribution in [0.4, 0.5) is 0 Å². The van der Waals surface area contributed by atoms with Gasteiger partial charge < -0.3 is 15.2 Å². The first-order chi connectivity index (χ1) is 9.88. The van der Waals surface area contributed by atoms with Crippen LogP contribution in [0, 0.1) is 19.8 Å². The molecule has 1 atom stereocenters. The second-order valence-electron chi connectivity index (χ2n) is 5.72. The molecule has 5 heteroatoms. The molecular formula is C16H21NO4. The normalized spacial score (nSPS) is 15.4. The minimum atomic E-state index is -1.02. The van der Waals surface area contributed by atoms with Gasteiger partial charge in [0.05, 0.1) is 0 Å². The van der Waals surface area contributed by atoms with Gasteiger partial charge in [-0.25, -0.2) is 4.79 Å². The van der Waals surface area contributed by atoms with Crippen molar-refractivity contribution in [2.24, 2.45) is 5.92 Å². The van der Waals surface area contributed by atoms with Gasteiger partial charge in [-0.2, -0.15) is 0 Å². The molecule has 0 heterocycles. The van der Waals surface area contributed by atoms with E-state index in [1.807, 2.05) is 20.8 Å². The van der Waals surface area contributed by atoms with Crippen LogP contribution in [0.1, 0.15) is 41.3 Å². The van der Waals surface area contributed by atoms with Gasteiger partial charge in [-0.1, -0.05) is 0 Å². The van der Waals surface area contributed by atoms with Crippen molar-refractivity contribution >= 4 is 11.9 Å². The van der Waals surface area contributed by atoms with Crippen LogP contribution >= 0.6 is 0 Å². The van der Waals surface area contributed by atoms with Crippen LogP contribution in [-0.2, 0) is 4.79 Å². The van der Waals surface area contributed by atoms with E-state index in [2.05, 4.69) is 5.32 Å². The Morgan fingerprint density at radius 2 is 1.90 bits per heavy atom. The largest absolute Gasteiger partial charge is 0.481 e. The molecule has 1 unspecified atom stereocenters. The highest BCUT2D eigenvalue weighted by Gasteiger charge is 2.29. The molecule has 2 N–H and O–H groups in total. The van der Waals surface area contributed by atoms with Crippen molar-refractivity contribution in [1.29, 1.82) is 0 Å². The number of ether oxygens (including phenoxy) is 1. The fourth-order valence-corrected chi connectivity index (χ4v) is 2.45. The van der Waals surface area contributed by atoms with Gasteiger partial charge in [0.15, 0.2) is 6.61 Å². The summed E-state index contributed by atoms with van der Waals surface area (Å²) in [5, 5.41) is 11.7. The first-order valence-corrected chi connectivity index (χ1v) is 7.15. The molecule has 21 heavy (non-hydrogen) atoms. The molecule has 0 aromatic heterocycles. The van der Waals surface area contributed by atoms with Crippen LogP contribution < -0.4 is 10.1 Å². The van der Waals surface area contributed by atoms with E-state index in [4.69, 9.17) is 9.84 Å². The zero-order valence-corrected chi connectivity index (χ0v) is 12.6. The lowest BCUT2D eigenvalue weighted by Gasteiger charge is -2.15. The molecule has 1 aliphatic carbocycles. The average Bonchev–Trinajstić information content (AvgIpc) is 3.21. The van der Waals surface area contributed by atoms with E-state index in [0.717, 1.165) is 11.1 Å². The molecule has 1 aromatic carbocycles. The summed E-state index contributed by atoms with van der Waals surface area (Å²) in [6.07, 6.45) is 2.36. The predicted molar refractivity (Wildman–Crippen MR) is 78.7 cm³/mol. The van der Waals surface area contributed by atoms with E-state index < -0.39 is 5.97 Å². The van der Waals surface area contributed by atoms with Crippen LogP contribution in [-0.4, -0.2) is 29.6 Å². The fraction of sp³-hybridized carbons (Fsp3) is 0.500. The van der Waals surface area contributed by atoms with Gasteiger partial charge in [0.1, 0.15) is 5.75 Å². The summed E-state index contributed by atoms with van der Waals surface area (Å²) in [6.45, 7) is 5.27. The highest BCUT2D eigenvalue weighted by molar-refractivity contribution is 5.95. The Balaban J connectivity index is 2.10. The van der Waals surface area contributed by atoms with Gasteiger partial charge in [-0.3, -0.25) is 4.79 Å². The minimum absolute atomic E-state index is 0.0922. The number of rotatable bonds is 6. The third-order valence-corrected chi connectivity index (χ3v) is 3.75. The number of aliphatic carboxylic acids is 1. The molecule has 5 nitrogen and oxygen atoms in total. The maximum atomic E-state index is 12.2. The fourth-order valence-electron chi connectivity index (χ4n) is 2.45. The molecule has 1 fully saturated rings. The van der Waals surface area contributed by atoms with Crippen LogP contribution in [0.2, 0.25) is 0 Å². The number of carboxylic acid groups (broad SMARTS) is 1. The van der Waals surface area contributed by atoms with Crippen molar-refractivity contribution in [3.63, 3.8) is 0 Å². The Morgan fingerprint density at radius 1 is 1.33 bits per heavy atom. The van der Waals surface area contributed by atoms with Crippen molar-refractivity contribution in [1.82, 2.24) is 5.32 Å². The molecule has 2 rings (SSSR count). The lowest BCUT2D eigenvalue weighted by Crippen LogP contribution is -2.34. The third-order valence-electron chi connectivity index (χ3n) is 3.75. The summed E-state index contributed by atoms with van der Waals surface area (Å²) in [5.74, 6) is 0.0257. The zero-order chi connectivity index (χ0) is 15.6. The van der Waals surface area contributed by atoms with Crippen LogP contribution in [0.3, 0.4) is 0 Å². The number of benzene rings is 1. The Morgan fingerprint density at radius 3 is 2.38 bits per heavy atom. The number of carbonyl (C=O) groups is 2. The second-order valence-corrected chi connectivity index (χ2v) is 5.72. The summed E-state index contributed by atoms with van der Waals surface area (Å²) in [7, 11) is 0. The van der Waals surface area contributed by atoms with Crippen molar-refractivity contribution in [3.05, 3.63) is 28.8 Å². The van der Waals surface area contributed by atoms with Crippen LogP contribution in [0.25, 0.3) is 0 Å². The van der Waals surface area contributed by atoms with Crippen LogP contribution in [0.5, 0.6) is 5.75 Å². The van der Waals surface area contributed by atoms with Gasteiger partial charge in [-0.15, -0.1) is 0 Å². The van der Waals surface area contributed by atoms with E-state index in [9.17, 15) is 9.59 Å². The van der Waals surface area contributed by atoms with Crippen molar-refractivity contribution in [3.8, 4) is 5.75 Å². The Labute approximate surface area is 124 Å². The molecule has 0 saturated heterocycles. The number of aryl methyl sites for hydroxylation is 2. The molecular weight excluding hydrogens is 270 g/mol. The smallest absolute Gasteiger partial charge is 0.341 e. The molecule has 1 amide bonds. The van der Waals surface area contributed by atoms with Crippen molar-refractivity contribution in [2.45, 2.75) is 39.7 Å². The lowest BCUT2D eigenvalue weighted by molar-refractivity contribution is -0.139. The van der Waals surface area contributed by atoms with Gasteiger partial charge in [-0.05, 0) is 62.8 Å². The quantitative estimate of drug-likeness (QED) is 0.843. The number of carboxylic acids is 1. The van der Waals surface area contributed by atoms with Gasteiger partial charge in [0, 0.05) is 11.6 Å². The summed E-state index contributed by atoms with van der Waals surface area (Å²) in [6, 6.07) is 3.67. The van der Waals surface area contributed by atoms with Crippen molar-refractivity contribution < 1.29 is 19.4 Å². The summed E-state index contributed by atoms with van der Waals surface area (Å²) in [4.78, 5) is 22.8. The molecule has 0 aliphatic heterocycles. The standard InChI is InChI=1S/C16H21NO4/c1-9-6-13(16(20)17-11(3)12-4-5-12)7-10(2)15(9)21-8-14(18)19/h6-7,11-12H,4-5,8H2,1-3H3,(H,17,20)(H,18,19). The van der Waals surface area contributed by atoms with Crippen molar-refractivity contribution in [2.75, 3.05) is 6.61 Å². The highest BCUT2D eigenvalue weighted by Crippen LogP contribution is 2.32. The highest BCUT2D eigenvalue weighted by atomic mass is 16.5. The Hall–Kier alpha value is -2.04. The summed E-state index contributed by atoms with van der Waals surface area (Å²) in [5.41, 5.74) is 2.11. The first-order valence-electron chi connectivity index (χ1n) is 7.15. The monoisotopic (exact) mass is 291 g/mol. The molecule has 1 aromatic rings. The van der Waals surface area contributed by atoms with E-state index in [1.165, 1.54) is 12.8 Å². The maximum absolute atomic E-state index is 12.2. The summed E-state index contributed by atoms with van der Waals surface area (Å²) >= 11 is 0. The minimum Gasteiger partial charge on any atom is -0.481 e. The zero-order valence-electron chi connectivity index (χ0n) is 12.6. The predicted octanol–water partition coefficient (Wildman–Crippen LogP) is 2.30. The number of nitrogens with one attached hydrogen (secondary N) is 1. The third kappa shape index (κ3) is 3.97. The molecule has 114 valence electrons. The molecule has 1 saturated carbocycles. The molecule has 0 radical (unpaired) electrons. The van der Waals surface area contributed by atoms with Crippen LogP contribution in [0.15, 0.2) is 12.1 Å². The molecule has 0 bridgehead atoms. The van der Waals surface area contributed by atoms with Gasteiger partial charge in [0.2, 0.25) is 0 Å². The Bertz CT molecular complexity index is 540. The van der Waals surface area contributed by atoms with Gasteiger partial charge >= 0.3 is 5.97 Å². The van der Waals surface area contributed by atoms with E-state index in [-0.39, 0.29) is 18.6 Å². The number of carbonyl (C=O) groups excluding carboxylic acids is 1. The number of hydrogen-bond donors (Lipinski definition) is 2. The average molecular weight is 291 g/mol. The lowest BCUT2D eigenvalue weighted by atomic mass is 10.0. The van der Waals surface area contributed by atoms with Gasteiger partial charge in [0.25, 0.3) is 5.91 Å². The summed E-state index contributed by atoms with van der Waals surface area (Å²) < 4.78 is 5.26. The second kappa shape index (κ2) is 6.16. The molecule has 0 spiro atoms. The topological polar surface area (TPSA) is 75.6 Å². The van der Waals surface area contributed by atoms with E-state index in [0.29, 0.717) is 17.2 Å². The van der Waals surface area contributed by atoms with E-state index >= 15 is 0 Å². The van der Waals surface area contributed by atoms with E-state index in [1.54, 1.807) is 12.1 Å². The first kappa shape index (κ1) is 15.4. The Kier molecular flexibility index (Phi) is 4.50. The number of amides is 1. The molecule has 1 aliphatic rings. The maximum Gasteiger partial charge on any atom is 0.341 e. The number of hydrogen-bond acceptors (Lipinski definition) is 3. The SMILES string of the molecule is Cc1cc(C(=O)NC(C)C2CC2)cc(C)c1OCC(=O)O.